The number of esters is 1. The van der Waals surface area contributed by atoms with Crippen molar-refractivity contribution in [2.45, 2.75) is 24.2 Å². The van der Waals surface area contributed by atoms with Crippen LogP contribution in [0, 0.1) is 6.92 Å². The van der Waals surface area contributed by atoms with Gasteiger partial charge in [0.05, 0.1) is 0 Å². The second-order valence-corrected chi connectivity index (χ2v) is 6.85. The number of benzene rings is 3. The van der Waals surface area contributed by atoms with Gasteiger partial charge in [-0.15, -0.1) is 0 Å². The lowest BCUT2D eigenvalue weighted by molar-refractivity contribution is -0.133. The molecule has 0 amide bonds. The van der Waals surface area contributed by atoms with Gasteiger partial charge in [-0.25, -0.2) is 0 Å². The van der Waals surface area contributed by atoms with E-state index >= 15 is 0 Å². The van der Waals surface area contributed by atoms with Gasteiger partial charge in [-0.2, -0.15) is 0 Å². The minimum absolute atomic E-state index is 0.128. The van der Waals surface area contributed by atoms with Crippen molar-refractivity contribution >= 4 is 50.1 Å². The number of ether oxygens (including phenoxy) is 1. The van der Waals surface area contributed by atoms with Gasteiger partial charge in [0.2, 0.25) is 0 Å². The molecule has 22 heavy (non-hydrogen) atoms. The van der Waals surface area contributed by atoms with Crippen LogP contribution in [0.15, 0.2) is 48.5 Å². The largest absolute Gasteiger partial charge is 0.424 e. The van der Waals surface area contributed by atoms with E-state index in [1.165, 1.54) is 5.56 Å². The van der Waals surface area contributed by atoms with Gasteiger partial charge >= 0.3 is 5.97 Å². The van der Waals surface area contributed by atoms with E-state index in [1.54, 1.807) is 0 Å². The van der Waals surface area contributed by atoms with Crippen molar-refractivity contribution in [1.82, 2.24) is 0 Å². The van der Waals surface area contributed by atoms with Crippen LogP contribution in [-0.4, -0.2) is 9.89 Å². The molecule has 0 aliphatic heterocycles. The number of carbonyl (C=O) groups is 1. The molecule has 3 aromatic carbocycles. The third-order valence-corrected chi connectivity index (χ3v) is 5.36. The molecule has 0 bridgehead atoms. The zero-order valence-electron chi connectivity index (χ0n) is 12.6. The van der Waals surface area contributed by atoms with Crippen LogP contribution in [0.2, 0.25) is 0 Å². The van der Waals surface area contributed by atoms with Crippen LogP contribution in [0.1, 0.15) is 18.9 Å². The normalized spacial score (nSPS) is 12.5. The number of hydrogen-bond donors (Lipinski definition) is 0. The number of rotatable bonds is 3. The zero-order chi connectivity index (χ0) is 15.7. The Labute approximate surface area is 143 Å². The summed E-state index contributed by atoms with van der Waals surface area (Å²) in [6.07, 6.45) is 0.765. The van der Waals surface area contributed by atoms with Gasteiger partial charge < -0.3 is 4.74 Å². The summed E-state index contributed by atoms with van der Waals surface area (Å²) >= 11 is 2.14. The van der Waals surface area contributed by atoms with Crippen molar-refractivity contribution < 1.29 is 9.53 Å². The quantitative estimate of drug-likeness (QED) is 0.192. The molecule has 0 aliphatic carbocycles. The molecule has 112 valence electrons. The van der Waals surface area contributed by atoms with Crippen LogP contribution < -0.4 is 4.74 Å². The monoisotopic (exact) mass is 404 g/mol. The molecule has 0 saturated carbocycles. The summed E-state index contributed by atoms with van der Waals surface area (Å²) < 4.78 is 5.67. The maximum atomic E-state index is 12.3. The minimum atomic E-state index is -0.178. The molecule has 0 fully saturated rings. The first-order valence-corrected chi connectivity index (χ1v) is 8.63. The maximum Gasteiger partial charge on any atom is 0.324 e. The number of halogens is 1. The number of aryl methyl sites for hydroxylation is 1. The molecule has 3 aromatic rings. The predicted octanol–water partition coefficient (Wildman–Crippen LogP) is 5.42. The molecule has 3 rings (SSSR count). The first-order valence-electron chi connectivity index (χ1n) is 7.39. The van der Waals surface area contributed by atoms with Gasteiger partial charge in [0.15, 0.2) is 0 Å². The first kappa shape index (κ1) is 15.3. The predicted molar refractivity (Wildman–Crippen MR) is 99.9 cm³/mol. The van der Waals surface area contributed by atoms with E-state index in [0.29, 0.717) is 5.75 Å². The van der Waals surface area contributed by atoms with Gasteiger partial charge in [-0.3, -0.25) is 4.79 Å². The fourth-order valence-electron chi connectivity index (χ4n) is 2.75. The van der Waals surface area contributed by atoms with Crippen LogP contribution in [0.4, 0.5) is 0 Å². The Morgan fingerprint density at radius 1 is 1.00 bits per heavy atom. The Bertz CT molecular complexity index is 798. The maximum absolute atomic E-state index is 12.3. The van der Waals surface area contributed by atoms with Crippen molar-refractivity contribution in [2.24, 2.45) is 0 Å². The van der Waals surface area contributed by atoms with Crippen LogP contribution >= 0.6 is 22.6 Å². The highest BCUT2D eigenvalue weighted by molar-refractivity contribution is 14.1. The average Bonchev–Trinajstić information content (AvgIpc) is 2.57. The molecule has 1 unspecified atom stereocenters. The fourth-order valence-corrected chi connectivity index (χ4v) is 2.87. The highest BCUT2D eigenvalue weighted by atomic mass is 127. The molecule has 0 N–H and O–H groups in total. The second-order valence-electron chi connectivity index (χ2n) is 5.34. The third kappa shape index (κ3) is 2.58. The summed E-state index contributed by atoms with van der Waals surface area (Å²) in [7, 11) is 0. The number of fused-ring (bicyclic) bond motifs is 2. The summed E-state index contributed by atoms with van der Waals surface area (Å²) in [4.78, 5) is 12.3. The van der Waals surface area contributed by atoms with Crippen molar-refractivity contribution in [3.05, 3.63) is 54.1 Å². The lowest BCUT2D eigenvalue weighted by Gasteiger charge is -2.15. The molecule has 0 spiro atoms. The van der Waals surface area contributed by atoms with Crippen molar-refractivity contribution in [2.75, 3.05) is 0 Å². The Balaban J connectivity index is 2.29. The van der Waals surface area contributed by atoms with E-state index in [0.717, 1.165) is 28.0 Å². The van der Waals surface area contributed by atoms with Gasteiger partial charge in [0, 0.05) is 10.8 Å². The van der Waals surface area contributed by atoms with Crippen LogP contribution in [0.25, 0.3) is 21.5 Å². The third-order valence-electron chi connectivity index (χ3n) is 3.97. The molecule has 0 radical (unpaired) electrons. The average molecular weight is 404 g/mol. The summed E-state index contributed by atoms with van der Waals surface area (Å²) in [6, 6.07) is 16.2. The standard InChI is InChI=1S/C19H17IO2/c1-3-17(20)19(21)22-18-15-10-6-4-8-13(15)12(2)14-9-5-7-11-16(14)18/h4-11,17H,3H2,1-2H3. The van der Waals surface area contributed by atoms with E-state index in [-0.39, 0.29) is 9.89 Å². The second kappa shape index (κ2) is 6.24. The fraction of sp³-hybridized carbons (Fsp3) is 0.211. The lowest BCUT2D eigenvalue weighted by Crippen LogP contribution is -2.19. The summed E-state index contributed by atoms with van der Waals surface area (Å²) in [6.45, 7) is 4.10. The zero-order valence-corrected chi connectivity index (χ0v) is 14.8. The summed E-state index contributed by atoms with van der Waals surface area (Å²) in [5, 5.41) is 4.24. The minimum Gasteiger partial charge on any atom is -0.424 e. The van der Waals surface area contributed by atoms with Crippen LogP contribution in [0.5, 0.6) is 5.75 Å². The molecule has 0 aliphatic rings. The summed E-state index contributed by atoms with van der Waals surface area (Å²) in [5.74, 6) is 0.499. The van der Waals surface area contributed by atoms with Crippen molar-refractivity contribution in [3.8, 4) is 5.75 Å². The SMILES string of the molecule is CCC(I)C(=O)Oc1c2ccccc2c(C)c2ccccc12. The molecule has 0 saturated heterocycles. The van der Waals surface area contributed by atoms with E-state index in [1.807, 2.05) is 43.3 Å². The Hall–Kier alpha value is -1.62. The number of alkyl halides is 1. The van der Waals surface area contributed by atoms with E-state index in [9.17, 15) is 4.79 Å². The summed E-state index contributed by atoms with van der Waals surface area (Å²) in [5.41, 5.74) is 1.22. The molecule has 1 atom stereocenters. The highest BCUT2D eigenvalue weighted by Crippen LogP contribution is 2.38. The van der Waals surface area contributed by atoms with Crippen LogP contribution in [-0.2, 0) is 4.79 Å². The number of hydrogen-bond acceptors (Lipinski definition) is 2. The van der Waals surface area contributed by atoms with Gasteiger partial charge in [-0.1, -0.05) is 78.0 Å². The van der Waals surface area contributed by atoms with E-state index < -0.39 is 0 Å². The van der Waals surface area contributed by atoms with Gasteiger partial charge in [0.1, 0.15) is 9.67 Å². The van der Waals surface area contributed by atoms with Crippen LogP contribution in [0.3, 0.4) is 0 Å². The van der Waals surface area contributed by atoms with Crippen molar-refractivity contribution in [1.29, 1.82) is 0 Å². The smallest absolute Gasteiger partial charge is 0.324 e. The Morgan fingerprint density at radius 2 is 1.45 bits per heavy atom. The Kier molecular flexibility index (Phi) is 4.34. The molecular weight excluding hydrogens is 387 g/mol. The van der Waals surface area contributed by atoms with E-state index in [4.69, 9.17) is 4.74 Å². The molecule has 0 heterocycles. The van der Waals surface area contributed by atoms with Gasteiger partial charge in [0.25, 0.3) is 0 Å². The van der Waals surface area contributed by atoms with E-state index in [2.05, 4.69) is 41.6 Å². The first-order chi connectivity index (χ1) is 10.6. The molecule has 0 aromatic heterocycles. The number of carbonyl (C=O) groups excluding carboxylic acids is 1. The van der Waals surface area contributed by atoms with Gasteiger partial charge in [-0.05, 0) is 29.7 Å². The topological polar surface area (TPSA) is 26.3 Å². The highest BCUT2D eigenvalue weighted by Gasteiger charge is 2.19. The molecule has 3 heteroatoms. The Morgan fingerprint density at radius 3 is 1.91 bits per heavy atom. The molecule has 2 nitrogen and oxygen atoms in total. The lowest BCUT2D eigenvalue weighted by atomic mass is 9.96. The van der Waals surface area contributed by atoms with Crippen molar-refractivity contribution in [3.63, 3.8) is 0 Å². The molecular formula is C19H17IO2.